The van der Waals surface area contributed by atoms with Gasteiger partial charge in [-0.1, -0.05) is 24.6 Å². The summed E-state index contributed by atoms with van der Waals surface area (Å²) < 4.78 is 10.7. The largest absolute Gasteiger partial charge is 0.492 e. The van der Waals surface area contributed by atoms with Crippen molar-refractivity contribution in [3.8, 4) is 5.75 Å². The van der Waals surface area contributed by atoms with Crippen molar-refractivity contribution in [2.45, 2.75) is 20.3 Å². The highest BCUT2D eigenvalue weighted by Gasteiger charge is 2.17. The minimum Gasteiger partial charge on any atom is -0.492 e. The van der Waals surface area contributed by atoms with Crippen molar-refractivity contribution in [3.05, 3.63) is 23.8 Å². The fourth-order valence-corrected chi connectivity index (χ4v) is 1.46. The average Bonchev–Trinajstić information content (AvgIpc) is 2.30. The molecule has 1 aromatic carbocycles. The van der Waals surface area contributed by atoms with Crippen LogP contribution in [0.1, 0.15) is 18.9 Å². The molecule has 0 aromatic heterocycles. The van der Waals surface area contributed by atoms with Gasteiger partial charge in [0.05, 0.1) is 6.61 Å². The van der Waals surface area contributed by atoms with E-state index in [4.69, 9.17) is 9.47 Å². The predicted molar refractivity (Wildman–Crippen MR) is 67.6 cm³/mol. The van der Waals surface area contributed by atoms with Crippen molar-refractivity contribution in [2.75, 3.05) is 19.8 Å². The van der Waals surface area contributed by atoms with E-state index in [1.807, 2.05) is 19.9 Å². The minimum atomic E-state index is -1.51. The van der Waals surface area contributed by atoms with Crippen LogP contribution in [0.15, 0.2) is 18.2 Å². The second-order valence-electron chi connectivity index (χ2n) is 3.88. The molecule has 0 saturated carbocycles. The Hall–Kier alpha value is -1.04. The minimum absolute atomic E-state index is 0.389. The quantitative estimate of drug-likeness (QED) is 0.535. The molecule has 0 radical (unpaired) electrons. The normalized spacial score (nSPS) is 10.4. The van der Waals surface area contributed by atoms with Crippen LogP contribution in [0, 0.1) is 6.92 Å². The van der Waals surface area contributed by atoms with Gasteiger partial charge in [-0.2, -0.15) is 0 Å². The summed E-state index contributed by atoms with van der Waals surface area (Å²) in [5, 5.41) is 18.4. The molecular weight excluding hydrogens is 219 g/mol. The second kappa shape index (κ2) is 7.32. The van der Waals surface area contributed by atoms with Gasteiger partial charge in [0, 0.05) is 12.1 Å². The van der Waals surface area contributed by atoms with E-state index >= 15 is 0 Å². The van der Waals surface area contributed by atoms with E-state index in [9.17, 15) is 10.0 Å². The Morgan fingerprint density at radius 3 is 2.59 bits per heavy atom. The van der Waals surface area contributed by atoms with Gasteiger partial charge in [0.25, 0.3) is 0 Å². The number of rotatable bonds is 7. The molecule has 0 aliphatic rings. The van der Waals surface area contributed by atoms with Crippen LogP contribution in [0.3, 0.4) is 0 Å². The number of hydrogen-bond donors (Lipinski definition) is 2. The lowest BCUT2D eigenvalue weighted by atomic mass is 9.79. The lowest BCUT2D eigenvalue weighted by Gasteiger charge is -2.12. The third kappa shape index (κ3) is 4.77. The molecular formula is C12H19BO4. The second-order valence-corrected chi connectivity index (χ2v) is 3.88. The molecule has 1 rings (SSSR count). The number of aryl methyl sites for hydroxylation is 1. The van der Waals surface area contributed by atoms with Gasteiger partial charge in [0.2, 0.25) is 0 Å². The fraction of sp³-hybridized carbons (Fsp3) is 0.500. The van der Waals surface area contributed by atoms with Gasteiger partial charge in [-0.05, 0) is 19.4 Å². The van der Waals surface area contributed by atoms with E-state index in [0.29, 0.717) is 31.0 Å². The lowest BCUT2D eigenvalue weighted by Crippen LogP contribution is -2.32. The molecule has 94 valence electrons. The monoisotopic (exact) mass is 238 g/mol. The van der Waals surface area contributed by atoms with Gasteiger partial charge in [0.15, 0.2) is 0 Å². The molecule has 0 amide bonds. The van der Waals surface area contributed by atoms with Crippen LogP contribution in [-0.2, 0) is 4.74 Å². The first-order chi connectivity index (χ1) is 8.15. The van der Waals surface area contributed by atoms with Crippen LogP contribution in [-0.4, -0.2) is 37.0 Å². The smallest absolute Gasteiger partial charge is 0.492 e. The van der Waals surface area contributed by atoms with Crippen LogP contribution in [0.4, 0.5) is 0 Å². The number of ether oxygens (including phenoxy) is 2. The molecule has 0 fully saturated rings. The maximum absolute atomic E-state index is 9.21. The summed E-state index contributed by atoms with van der Waals surface area (Å²) >= 11 is 0. The SMILES string of the molecule is CCCOCCOc1ccc(C)cc1B(O)O. The Morgan fingerprint density at radius 2 is 1.94 bits per heavy atom. The summed E-state index contributed by atoms with van der Waals surface area (Å²) in [5.74, 6) is 0.491. The van der Waals surface area contributed by atoms with Gasteiger partial charge in [-0.15, -0.1) is 0 Å². The van der Waals surface area contributed by atoms with Gasteiger partial charge < -0.3 is 19.5 Å². The average molecular weight is 238 g/mol. The Labute approximate surface area is 102 Å². The molecule has 0 atom stereocenters. The first kappa shape index (κ1) is 14.0. The molecule has 0 spiro atoms. The molecule has 0 aliphatic carbocycles. The summed E-state index contributed by atoms with van der Waals surface area (Å²) in [6.45, 7) is 5.55. The van der Waals surface area contributed by atoms with Crippen LogP contribution >= 0.6 is 0 Å². The Balaban J connectivity index is 2.52. The zero-order valence-electron chi connectivity index (χ0n) is 10.3. The lowest BCUT2D eigenvalue weighted by molar-refractivity contribution is 0.101. The van der Waals surface area contributed by atoms with Crippen molar-refractivity contribution >= 4 is 12.6 Å². The van der Waals surface area contributed by atoms with Crippen LogP contribution in [0.25, 0.3) is 0 Å². The Bertz CT molecular complexity index is 341. The predicted octanol–water partition coefficient (Wildman–Crippen LogP) is 0.480. The van der Waals surface area contributed by atoms with E-state index in [1.165, 1.54) is 0 Å². The molecule has 0 heterocycles. The van der Waals surface area contributed by atoms with Gasteiger partial charge >= 0.3 is 7.12 Å². The van der Waals surface area contributed by atoms with Crippen molar-refractivity contribution in [3.63, 3.8) is 0 Å². The molecule has 0 aliphatic heterocycles. The van der Waals surface area contributed by atoms with Crippen LogP contribution in [0.5, 0.6) is 5.75 Å². The highest BCUT2D eigenvalue weighted by atomic mass is 16.5. The molecule has 0 saturated heterocycles. The van der Waals surface area contributed by atoms with E-state index in [2.05, 4.69) is 0 Å². The maximum Gasteiger partial charge on any atom is 0.492 e. The first-order valence-electron chi connectivity index (χ1n) is 5.82. The summed E-state index contributed by atoms with van der Waals surface area (Å²) in [5.41, 5.74) is 1.35. The van der Waals surface area contributed by atoms with Gasteiger partial charge in [-0.3, -0.25) is 0 Å². The maximum atomic E-state index is 9.21. The molecule has 17 heavy (non-hydrogen) atoms. The fourth-order valence-electron chi connectivity index (χ4n) is 1.46. The molecule has 0 unspecified atom stereocenters. The van der Waals surface area contributed by atoms with Gasteiger partial charge in [-0.25, -0.2) is 0 Å². The molecule has 2 N–H and O–H groups in total. The highest BCUT2D eigenvalue weighted by Crippen LogP contribution is 2.09. The Kier molecular flexibility index (Phi) is 6.04. The Morgan fingerprint density at radius 1 is 1.18 bits per heavy atom. The topological polar surface area (TPSA) is 58.9 Å². The van der Waals surface area contributed by atoms with Crippen LogP contribution < -0.4 is 10.2 Å². The zero-order valence-corrected chi connectivity index (χ0v) is 10.3. The standard InChI is InChI=1S/C12H19BO4/c1-3-6-16-7-8-17-12-5-4-10(2)9-11(12)13(14)15/h4-5,9,14-15H,3,6-8H2,1-2H3. The van der Waals surface area contributed by atoms with E-state index in [-0.39, 0.29) is 0 Å². The summed E-state index contributed by atoms with van der Waals surface area (Å²) in [4.78, 5) is 0. The molecule has 5 heteroatoms. The third-order valence-corrected chi connectivity index (χ3v) is 2.28. The van der Waals surface area contributed by atoms with Crippen molar-refractivity contribution in [1.82, 2.24) is 0 Å². The summed E-state index contributed by atoms with van der Waals surface area (Å²) in [6.07, 6.45) is 0.977. The van der Waals surface area contributed by atoms with E-state index in [0.717, 1.165) is 12.0 Å². The summed E-state index contributed by atoms with van der Waals surface area (Å²) in [7, 11) is -1.51. The van der Waals surface area contributed by atoms with E-state index < -0.39 is 7.12 Å². The third-order valence-electron chi connectivity index (χ3n) is 2.28. The van der Waals surface area contributed by atoms with Gasteiger partial charge in [0.1, 0.15) is 12.4 Å². The van der Waals surface area contributed by atoms with Crippen molar-refractivity contribution in [1.29, 1.82) is 0 Å². The van der Waals surface area contributed by atoms with Crippen LogP contribution in [0.2, 0.25) is 0 Å². The number of benzene rings is 1. The summed E-state index contributed by atoms with van der Waals surface area (Å²) in [6, 6.07) is 5.31. The van der Waals surface area contributed by atoms with Crippen molar-refractivity contribution in [2.24, 2.45) is 0 Å². The molecule has 4 nitrogen and oxygen atoms in total. The van der Waals surface area contributed by atoms with E-state index in [1.54, 1.807) is 12.1 Å². The first-order valence-corrected chi connectivity index (χ1v) is 5.82. The highest BCUT2D eigenvalue weighted by molar-refractivity contribution is 6.59. The zero-order chi connectivity index (χ0) is 12.7. The number of hydrogen-bond acceptors (Lipinski definition) is 4. The van der Waals surface area contributed by atoms with Crippen molar-refractivity contribution < 1.29 is 19.5 Å². The molecule has 1 aromatic rings. The molecule has 0 bridgehead atoms.